The summed E-state index contributed by atoms with van der Waals surface area (Å²) in [6, 6.07) is 15.1. The van der Waals surface area contributed by atoms with Crippen LogP contribution in [-0.2, 0) is 6.54 Å². The molecule has 1 N–H and O–H groups in total. The highest BCUT2D eigenvalue weighted by Gasteiger charge is 2.11. The Morgan fingerprint density at radius 1 is 1.19 bits per heavy atom. The molecule has 3 aromatic rings. The zero-order valence-electron chi connectivity index (χ0n) is 12.1. The Morgan fingerprint density at radius 3 is 2.67 bits per heavy atom. The molecule has 0 aliphatic carbocycles. The topological polar surface area (TPSA) is 46.9 Å². The average molecular weight is 279 g/mol. The molecule has 0 fully saturated rings. The van der Waals surface area contributed by atoms with E-state index in [2.05, 4.69) is 21.8 Å². The highest BCUT2D eigenvalue weighted by atomic mass is 16.1. The number of carbonyl (C=O) groups excluding carboxylic acids is 1. The van der Waals surface area contributed by atoms with Gasteiger partial charge in [-0.05, 0) is 44.2 Å². The van der Waals surface area contributed by atoms with E-state index in [0.29, 0.717) is 5.56 Å². The first kappa shape index (κ1) is 13.4. The summed E-state index contributed by atoms with van der Waals surface area (Å²) >= 11 is 0. The third kappa shape index (κ3) is 2.52. The number of benzene rings is 2. The Labute approximate surface area is 123 Å². The SMILES string of the molecule is CCn1c(C)nc2cc(C(=O)Nc3ccccc3)ccc21. The average Bonchev–Trinajstić information content (AvgIpc) is 2.82. The zero-order chi connectivity index (χ0) is 14.8. The second-order valence-corrected chi connectivity index (χ2v) is 4.93. The van der Waals surface area contributed by atoms with Gasteiger partial charge in [-0.2, -0.15) is 0 Å². The highest BCUT2D eigenvalue weighted by molar-refractivity contribution is 6.05. The lowest BCUT2D eigenvalue weighted by Crippen LogP contribution is -2.11. The Balaban J connectivity index is 1.92. The predicted molar refractivity (Wildman–Crippen MR) is 84.5 cm³/mol. The fraction of sp³-hybridized carbons (Fsp3) is 0.176. The Kier molecular flexibility index (Phi) is 3.44. The smallest absolute Gasteiger partial charge is 0.255 e. The van der Waals surface area contributed by atoms with Gasteiger partial charge in [0.1, 0.15) is 5.82 Å². The minimum absolute atomic E-state index is 0.119. The molecule has 0 saturated carbocycles. The number of imidazole rings is 1. The minimum atomic E-state index is -0.119. The van der Waals surface area contributed by atoms with Crippen molar-refractivity contribution in [3.63, 3.8) is 0 Å². The van der Waals surface area contributed by atoms with Gasteiger partial charge in [0.15, 0.2) is 0 Å². The number of nitrogens with zero attached hydrogens (tertiary/aromatic N) is 2. The third-order valence-corrected chi connectivity index (χ3v) is 3.55. The van der Waals surface area contributed by atoms with Crippen LogP contribution in [0.2, 0.25) is 0 Å². The molecule has 106 valence electrons. The number of aryl methyl sites for hydroxylation is 2. The van der Waals surface area contributed by atoms with Gasteiger partial charge in [0.05, 0.1) is 11.0 Å². The maximum Gasteiger partial charge on any atom is 0.255 e. The number of para-hydroxylation sites is 1. The molecule has 2 aromatic carbocycles. The molecule has 0 spiro atoms. The number of fused-ring (bicyclic) bond motifs is 1. The standard InChI is InChI=1S/C17H17N3O/c1-3-20-12(2)18-15-11-13(9-10-16(15)20)17(21)19-14-7-5-4-6-8-14/h4-11H,3H2,1-2H3,(H,19,21). The number of amides is 1. The molecule has 0 radical (unpaired) electrons. The fourth-order valence-electron chi connectivity index (χ4n) is 2.52. The first-order valence-corrected chi connectivity index (χ1v) is 7.02. The van der Waals surface area contributed by atoms with Crippen LogP contribution in [0.15, 0.2) is 48.5 Å². The maximum atomic E-state index is 12.3. The maximum absolute atomic E-state index is 12.3. The molecular formula is C17H17N3O. The van der Waals surface area contributed by atoms with Crippen LogP contribution in [0.4, 0.5) is 5.69 Å². The van der Waals surface area contributed by atoms with Crippen LogP contribution >= 0.6 is 0 Å². The van der Waals surface area contributed by atoms with Crippen molar-refractivity contribution in [1.29, 1.82) is 0 Å². The molecule has 1 heterocycles. The molecule has 0 aliphatic rings. The van der Waals surface area contributed by atoms with Gasteiger partial charge >= 0.3 is 0 Å². The fourth-order valence-corrected chi connectivity index (χ4v) is 2.52. The van der Waals surface area contributed by atoms with Gasteiger partial charge < -0.3 is 9.88 Å². The van der Waals surface area contributed by atoms with Crippen LogP contribution in [0.5, 0.6) is 0 Å². The van der Waals surface area contributed by atoms with Crippen molar-refractivity contribution in [3.05, 3.63) is 59.9 Å². The third-order valence-electron chi connectivity index (χ3n) is 3.55. The van der Waals surface area contributed by atoms with Gasteiger partial charge in [0.2, 0.25) is 0 Å². The quantitative estimate of drug-likeness (QED) is 0.796. The number of hydrogen-bond acceptors (Lipinski definition) is 2. The van der Waals surface area contributed by atoms with E-state index >= 15 is 0 Å². The lowest BCUT2D eigenvalue weighted by molar-refractivity contribution is 0.102. The first-order valence-electron chi connectivity index (χ1n) is 7.02. The number of anilines is 1. The molecule has 0 aliphatic heterocycles. The van der Waals surface area contributed by atoms with Gasteiger partial charge in [0.25, 0.3) is 5.91 Å². The molecule has 1 amide bonds. The molecule has 0 unspecified atom stereocenters. The van der Waals surface area contributed by atoms with E-state index in [0.717, 1.165) is 29.1 Å². The van der Waals surface area contributed by atoms with Crippen molar-refractivity contribution in [1.82, 2.24) is 9.55 Å². The highest BCUT2D eigenvalue weighted by Crippen LogP contribution is 2.18. The van der Waals surface area contributed by atoms with E-state index in [1.54, 1.807) is 0 Å². The summed E-state index contributed by atoms with van der Waals surface area (Å²) in [6.45, 7) is 4.94. The molecule has 0 saturated heterocycles. The van der Waals surface area contributed by atoms with Gasteiger partial charge in [-0.3, -0.25) is 4.79 Å². The largest absolute Gasteiger partial charge is 0.329 e. The van der Waals surface area contributed by atoms with Crippen molar-refractivity contribution in [3.8, 4) is 0 Å². The monoisotopic (exact) mass is 279 g/mol. The van der Waals surface area contributed by atoms with Crippen LogP contribution in [0.3, 0.4) is 0 Å². The molecule has 1 aromatic heterocycles. The summed E-state index contributed by atoms with van der Waals surface area (Å²) in [5, 5.41) is 2.88. The normalized spacial score (nSPS) is 10.8. The van der Waals surface area contributed by atoms with Crippen LogP contribution in [0.1, 0.15) is 23.1 Å². The Morgan fingerprint density at radius 2 is 1.95 bits per heavy atom. The van der Waals surface area contributed by atoms with Gasteiger partial charge in [-0.15, -0.1) is 0 Å². The van der Waals surface area contributed by atoms with Gasteiger partial charge in [0, 0.05) is 17.8 Å². The molecular weight excluding hydrogens is 262 g/mol. The van der Waals surface area contributed by atoms with Crippen LogP contribution in [0, 0.1) is 6.92 Å². The van der Waals surface area contributed by atoms with Crippen LogP contribution in [0.25, 0.3) is 11.0 Å². The Hall–Kier alpha value is -2.62. The van der Waals surface area contributed by atoms with Crippen molar-refractivity contribution in [2.24, 2.45) is 0 Å². The lowest BCUT2D eigenvalue weighted by atomic mass is 10.2. The molecule has 4 nitrogen and oxygen atoms in total. The van der Waals surface area contributed by atoms with Crippen molar-refractivity contribution >= 4 is 22.6 Å². The van der Waals surface area contributed by atoms with Crippen molar-refractivity contribution < 1.29 is 4.79 Å². The van der Waals surface area contributed by atoms with E-state index in [9.17, 15) is 4.79 Å². The summed E-state index contributed by atoms with van der Waals surface area (Å²) in [5.41, 5.74) is 3.33. The molecule has 0 atom stereocenters. The Bertz CT molecular complexity index is 790. The molecule has 0 bridgehead atoms. The van der Waals surface area contributed by atoms with Crippen molar-refractivity contribution in [2.75, 3.05) is 5.32 Å². The minimum Gasteiger partial charge on any atom is -0.329 e. The van der Waals surface area contributed by atoms with Gasteiger partial charge in [-0.25, -0.2) is 4.98 Å². The summed E-state index contributed by atoms with van der Waals surface area (Å²) in [4.78, 5) is 16.8. The van der Waals surface area contributed by atoms with E-state index in [-0.39, 0.29) is 5.91 Å². The molecule has 3 rings (SSSR count). The van der Waals surface area contributed by atoms with E-state index < -0.39 is 0 Å². The predicted octanol–water partition coefficient (Wildman–Crippen LogP) is 3.62. The van der Waals surface area contributed by atoms with Crippen LogP contribution in [-0.4, -0.2) is 15.5 Å². The summed E-state index contributed by atoms with van der Waals surface area (Å²) < 4.78 is 2.13. The van der Waals surface area contributed by atoms with Gasteiger partial charge in [-0.1, -0.05) is 18.2 Å². The molecule has 21 heavy (non-hydrogen) atoms. The second-order valence-electron chi connectivity index (χ2n) is 4.93. The van der Waals surface area contributed by atoms with Crippen LogP contribution < -0.4 is 5.32 Å². The number of hydrogen-bond donors (Lipinski definition) is 1. The van der Waals surface area contributed by atoms with E-state index in [1.165, 1.54) is 0 Å². The summed E-state index contributed by atoms with van der Waals surface area (Å²) in [7, 11) is 0. The second kappa shape index (κ2) is 5.40. The van der Waals surface area contributed by atoms with E-state index in [4.69, 9.17) is 0 Å². The summed E-state index contributed by atoms with van der Waals surface area (Å²) in [5.74, 6) is 0.847. The number of nitrogens with one attached hydrogen (secondary N) is 1. The van der Waals surface area contributed by atoms with Crippen molar-refractivity contribution in [2.45, 2.75) is 20.4 Å². The number of aromatic nitrogens is 2. The number of carbonyl (C=O) groups is 1. The lowest BCUT2D eigenvalue weighted by Gasteiger charge is -2.05. The molecule has 4 heteroatoms. The zero-order valence-corrected chi connectivity index (χ0v) is 12.1. The first-order chi connectivity index (χ1) is 10.2. The number of rotatable bonds is 3. The van der Waals surface area contributed by atoms with E-state index in [1.807, 2.05) is 55.5 Å². The summed E-state index contributed by atoms with van der Waals surface area (Å²) in [6.07, 6.45) is 0.